The number of primary amides is 1. The van der Waals surface area contributed by atoms with Crippen LogP contribution in [-0.4, -0.2) is 44.8 Å². The molecule has 21 heavy (non-hydrogen) atoms. The maximum absolute atomic E-state index is 11.2. The SMILES string of the molecule is NC(=O)c1cccc(/C([As])=C/N([As])c2cncc(N)c2)c1. The standard InChI is InChI=1S/C14H12As2N4O/c15-13(9-2-1-3-10(4-9)14(18)21)8-20(16)12-5-11(17)6-19-7-12/h1-8H,17H2,(H2,18,21)/b13-8-. The van der Waals surface area contributed by atoms with E-state index >= 15 is 0 Å². The van der Waals surface area contributed by atoms with Crippen molar-refractivity contribution in [2.75, 3.05) is 9.55 Å². The molecule has 0 atom stereocenters. The summed E-state index contributed by atoms with van der Waals surface area (Å²) in [6, 6.07) is 8.98. The first kappa shape index (κ1) is 15.7. The zero-order valence-electron chi connectivity index (χ0n) is 11.0. The van der Waals surface area contributed by atoms with Gasteiger partial charge in [-0.2, -0.15) is 0 Å². The summed E-state index contributed by atoms with van der Waals surface area (Å²) in [5, 5.41) is 0. The molecule has 1 aromatic carbocycles. The second-order valence-corrected chi connectivity index (χ2v) is 6.20. The molecule has 0 aliphatic heterocycles. The average Bonchev–Trinajstić information content (AvgIpc) is 2.47. The van der Waals surface area contributed by atoms with E-state index in [1.54, 1.807) is 30.6 Å². The van der Waals surface area contributed by atoms with Crippen LogP contribution in [0.15, 0.2) is 48.9 Å². The fourth-order valence-electron chi connectivity index (χ4n) is 1.67. The van der Waals surface area contributed by atoms with E-state index in [9.17, 15) is 4.79 Å². The van der Waals surface area contributed by atoms with Crippen LogP contribution in [0, 0.1) is 0 Å². The monoisotopic (exact) mass is 402 g/mol. The Morgan fingerprint density at radius 3 is 2.62 bits per heavy atom. The molecule has 0 fully saturated rings. The van der Waals surface area contributed by atoms with Gasteiger partial charge in [0.2, 0.25) is 0 Å². The van der Waals surface area contributed by atoms with Crippen molar-refractivity contribution >= 4 is 55.6 Å². The molecule has 0 spiro atoms. The van der Waals surface area contributed by atoms with E-state index < -0.39 is 5.91 Å². The van der Waals surface area contributed by atoms with Crippen molar-refractivity contribution in [2.45, 2.75) is 0 Å². The predicted molar refractivity (Wildman–Crippen MR) is 85.6 cm³/mol. The molecular formula is C14H12As2N4O. The zero-order chi connectivity index (χ0) is 15.4. The van der Waals surface area contributed by atoms with Crippen LogP contribution in [0.4, 0.5) is 11.4 Å². The molecule has 0 aliphatic carbocycles. The summed E-state index contributed by atoms with van der Waals surface area (Å²) in [7, 11) is 0. The fraction of sp³-hybridized carbons (Fsp3) is 0. The number of nitrogens with zero attached hydrogens (tertiary/aromatic N) is 2. The first-order valence-electron chi connectivity index (χ1n) is 5.97. The normalized spacial score (nSPS) is 11.2. The summed E-state index contributed by atoms with van der Waals surface area (Å²) in [6.07, 6.45) is 5.20. The molecule has 0 aliphatic rings. The molecular weight excluding hydrogens is 390 g/mol. The number of nitrogen functional groups attached to an aromatic ring is 1. The van der Waals surface area contributed by atoms with Gasteiger partial charge < -0.3 is 0 Å². The summed E-state index contributed by atoms with van der Waals surface area (Å²) < 4.78 is 2.77. The molecule has 1 heterocycles. The number of rotatable bonds is 4. The molecule has 104 valence electrons. The number of amides is 1. The van der Waals surface area contributed by atoms with Gasteiger partial charge in [-0.15, -0.1) is 0 Å². The predicted octanol–water partition coefficient (Wildman–Crippen LogP) is 0.820. The second-order valence-electron chi connectivity index (χ2n) is 4.28. The van der Waals surface area contributed by atoms with Crippen molar-refractivity contribution in [3.05, 3.63) is 60.1 Å². The van der Waals surface area contributed by atoms with Gasteiger partial charge in [0.15, 0.2) is 0 Å². The maximum atomic E-state index is 11.2. The Morgan fingerprint density at radius 1 is 1.24 bits per heavy atom. The molecule has 0 saturated carbocycles. The Labute approximate surface area is 140 Å². The molecule has 2 rings (SSSR count). The van der Waals surface area contributed by atoms with E-state index in [4.69, 9.17) is 11.5 Å². The van der Waals surface area contributed by atoms with E-state index in [-0.39, 0.29) is 0 Å². The number of aromatic nitrogens is 1. The average molecular weight is 402 g/mol. The summed E-state index contributed by atoms with van der Waals surface area (Å²) in [4.78, 5) is 15.3. The first-order chi connectivity index (χ1) is 9.97. The summed E-state index contributed by atoms with van der Waals surface area (Å²) in [5.74, 6) is -0.443. The van der Waals surface area contributed by atoms with Crippen molar-refractivity contribution < 1.29 is 4.79 Å². The first-order valence-corrected chi connectivity index (χ1v) is 7.75. The van der Waals surface area contributed by atoms with E-state index in [1.165, 1.54) is 0 Å². The van der Waals surface area contributed by atoms with Crippen LogP contribution in [0.25, 0.3) is 4.36 Å². The van der Waals surface area contributed by atoms with Gasteiger partial charge in [-0.25, -0.2) is 0 Å². The van der Waals surface area contributed by atoms with E-state index in [2.05, 4.69) is 38.9 Å². The Bertz CT molecular complexity index is 703. The molecule has 5 nitrogen and oxygen atoms in total. The van der Waals surface area contributed by atoms with Crippen LogP contribution in [0.2, 0.25) is 0 Å². The summed E-state index contributed by atoms with van der Waals surface area (Å²) >= 11 is 4.88. The third kappa shape index (κ3) is 4.13. The Kier molecular flexibility index (Phi) is 5.11. The molecule has 0 saturated heterocycles. The van der Waals surface area contributed by atoms with Crippen molar-refractivity contribution in [1.82, 2.24) is 4.98 Å². The molecule has 0 unspecified atom stereocenters. The van der Waals surface area contributed by atoms with Gasteiger partial charge in [0, 0.05) is 0 Å². The van der Waals surface area contributed by atoms with Crippen LogP contribution in [0.1, 0.15) is 15.9 Å². The van der Waals surface area contributed by atoms with E-state index in [0.717, 1.165) is 15.6 Å². The second kappa shape index (κ2) is 6.84. The van der Waals surface area contributed by atoms with Gasteiger partial charge in [-0.05, 0) is 0 Å². The number of benzene rings is 1. The van der Waals surface area contributed by atoms with Gasteiger partial charge in [0.25, 0.3) is 0 Å². The zero-order valence-corrected chi connectivity index (χ0v) is 14.7. The third-order valence-corrected chi connectivity index (χ3v) is 4.21. The van der Waals surface area contributed by atoms with E-state index in [1.807, 2.05) is 22.1 Å². The van der Waals surface area contributed by atoms with Crippen LogP contribution in [0.3, 0.4) is 0 Å². The summed E-state index contributed by atoms with van der Waals surface area (Å²) in [6.45, 7) is 0. The van der Waals surface area contributed by atoms with Crippen LogP contribution in [-0.2, 0) is 0 Å². The number of hydrogen-bond donors (Lipinski definition) is 2. The Morgan fingerprint density at radius 2 is 1.95 bits per heavy atom. The number of anilines is 2. The number of pyridine rings is 1. The fourth-order valence-corrected chi connectivity index (χ4v) is 3.10. The van der Waals surface area contributed by atoms with Gasteiger partial charge in [-0.3, -0.25) is 0 Å². The molecule has 7 heteroatoms. The quantitative estimate of drug-likeness (QED) is 0.742. The Hall–Kier alpha value is -1.70. The molecule has 4 N–H and O–H groups in total. The molecule has 4 radical (unpaired) electrons. The Balaban J connectivity index is 2.28. The number of carbonyl (C=O) groups is 1. The molecule has 1 aromatic heterocycles. The van der Waals surface area contributed by atoms with Gasteiger partial charge in [-0.1, -0.05) is 0 Å². The third-order valence-electron chi connectivity index (χ3n) is 2.70. The number of nitrogens with two attached hydrogens (primary N) is 2. The number of carbonyl (C=O) groups excluding carboxylic acids is 1. The van der Waals surface area contributed by atoms with Crippen molar-refractivity contribution in [3.8, 4) is 0 Å². The van der Waals surface area contributed by atoms with Crippen LogP contribution >= 0.6 is 0 Å². The minimum absolute atomic E-state index is 0.443. The van der Waals surface area contributed by atoms with Crippen molar-refractivity contribution in [3.63, 3.8) is 0 Å². The van der Waals surface area contributed by atoms with Gasteiger partial charge >= 0.3 is 141 Å². The summed E-state index contributed by atoms with van der Waals surface area (Å²) in [5.41, 5.74) is 13.8. The van der Waals surface area contributed by atoms with Crippen LogP contribution in [0.5, 0.6) is 0 Å². The van der Waals surface area contributed by atoms with Crippen molar-refractivity contribution in [2.24, 2.45) is 5.73 Å². The topological polar surface area (TPSA) is 85.2 Å². The van der Waals surface area contributed by atoms with E-state index in [0.29, 0.717) is 11.3 Å². The molecule has 1 amide bonds. The van der Waals surface area contributed by atoms with Gasteiger partial charge in [0.1, 0.15) is 0 Å². The molecule has 2 aromatic rings. The molecule has 0 bridgehead atoms. The minimum atomic E-state index is -0.443. The van der Waals surface area contributed by atoms with Crippen LogP contribution < -0.4 is 15.3 Å². The van der Waals surface area contributed by atoms with Crippen molar-refractivity contribution in [1.29, 1.82) is 0 Å². The van der Waals surface area contributed by atoms with Gasteiger partial charge in [0.05, 0.1) is 0 Å². The number of hydrogen-bond acceptors (Lipinski definition) is 4.